The van der Waals surface area contributed by atoms with Crippen LogP contribution < -0.4 is 0 Å². The van der Waals surface area contributed by atoms with Gasteiger partial charge in [0.1, 0.15) is 12.1 Å². The van der Waals surface area contributed by atoms with Crippen molar-refractivity contribution in [3.05, 3.63) is 57.9 Å². The molecule has 0 aliphatic rings. The topological polar surface area (TPSA) is 17.1 Å². The van der Waals surface area contributed by atoms with Crippen molar-refractivity contribution in [1.82, 2.24) is 0 Å². The maximum Gasteiger partial charge on any atom is 0.150 e. The molecule has 0 N–H and O–H groups in total. The standard InChI is InChI=1S/C15H12ClFO/c1-9-6-13(10(2)5-12(9)8-18)11-3-4-14(16)15(17)7-11/h3-8H,1-2H3. The summed E-state index contributed by atoms with van der Waals surface area (Å²) in [5, 5.41) is 0.109. The number of carbonyl (C=O) groups excluding carboxylic acids is 1. The predicted molar refractivity (Wildman–Crippen MR) is 71.7 cm³/mol. The molecule has 0 saturated carbocycles. The van der Waals surface area contributed by atoms with Crippen LogP contribution in [0.25, 0.3) is 11.1 Å². The third kappa shape index (κ3) is 2.29. The highest BCUT2D eigenvalue weighted by Gasteiger charge is 2.08. The Labute approximate surface area is 110 Å². The molecule has 3 heteroatoms. The van der Waals surface area contributed by atoms with E-state index in [1.165, 1.54) is 12.1 Å². The van der Waals surface area contributed by atoms with Gasteiger partial charge in [-0.1, -0.05) is 23.7 Å². The van der Waals surface area contributed by atoms with Crippen LogP contribution in [0.5, 0.6) is 0 Å². The monoisotopic (exact) mass is 262 g/mol. The zero-order valence-corrected chi connectivity index (χ0v) is 10.9. The first-order valence-corrected chi connectivity index (χ1v) is 5.92. The molecule has 2 aromatic rings. The summed E-state index contributed by atoms with van der Waals surface area (Å²) in [6.07, 6.45) is 0.828. The Balaban J connectivity index is 2.60. The number of hydrogen-bond acceptors (Lipinski definition) is 1. The zero-order chi connectivity index (χ0) is 13.3. The van der Waals surface area contributed by atoms with Crippen LogP contribution in [0.2, 0.25) is 5.02 Å². The molecule has 0 aliphatic carbocycles. The molecule has 92 valence electrons. The van der Waals surface area contributed by atoms with E-state index in [4.69, 9.17) is 11.6 Å². The van der Waals surface area contributed by atoms with Gasteiger partial charge in [-0.15, -0.1) is 0 Å². The summed E-state index contributed by atoms with van der Waals surface area (Å²) in [6.45, 7) is 3.76. The molecule has 0 atom stereocenters. The largest absolute Gasteiger partial charge is 0.298 e. The fourth-order valence-electron chi connectivity index (χ4n) is 1.94. The highest BCUT2D eigenvalue weighted by atomic mass is 35.5. The van der Waals surface area contributed by atoms with Crippen molar-refractivity contribution in [2.45, 2.75) is 13.8 Å². The van der Waals surface area contributed by atoms with Gasteiger partial charge in [-0.3, -0.25) is 4.79 Å². The summed E-state index contributed by atoms with van der Waals surface area (Å²) in [5.41, 5.74) is 4.14. The van der Waals surface area contributed by atoms with Gasteiger partial charge < -0.3 is 0 Å². The molecular weight excluding hydrogens is 251 g/mol. The minimum absolute atomic E-state index is 0.109. The van der Waals surface area contributed by atoms with E-state index in [0.29, 0.717) is 5.56 Å². The molecule has 0 bridgehead atoms. The molecule has 2 rings (SSSR count). The van der Waals surface area contributed by atoms with E-state index in [1.807, 2.05) is 26.0 Å². The first-order valence-electron chi connectivity index (χ1n) is 5.55. The van der Waals surface area contributed by atoms with Crippen LogP contribution >= 0.6 is 11.6 Å². The lowest BCUT2D eigenvalue weighted by Crippen LogP contribution is -1.92. The molecule has 0 fully saturated rings. The van der Waals surface area contributed by atoms with Crippen LogP contribution in [-0.4, -0.2) is 6.29 Å². The van der Waals surface area contributed by atoms with Gasteiger partial charge in [-0.05, 0) is 54.3 Å². The molecule has 0 aliphatic heterocycles. The van der Waals surface area contributed by atoms with Crippen LogP contribution in [0, 0.1) is 19.7 Å². The van der Waals surface area contributed by atoms with Crippen molar-refractivity contribution in [3.63, 3.8) is 0 Å². The van der Waals surface area contributed by atoms with Gasteiger partial charge in [0, 0.05) is 5.56 Å². The molecule has 0 spiro atoms. The third-order valence-electron chi connectivity index (χ3n) is 2.97. The Kier molecular flexibility index (Phi) is 3.48. The second-order valence-electron chi connectivity index (χ2n) is 4.27. The van der Waals surface area contributed by atoms with Gasteiger partial charge in [0.25, 0.3) is 0 Å². The van der Waals surface area contributed by atoms with Crippen LogP contribution in [0.1, 0.15) is 21.5 Å². The van der Waals surface area contributed by atoms with Gasteiger partial charge in [0.15, 0.2) is 0 Å². The lowest BCUT2D eigenvalue weighted by atomic mass is 9.95. The first-order chi connectivity index (χ1) is 8.52. The van der Waals surface area contributed by atoms with Crippen LogP contribution in [-0.2, 0) is 0 Å². The quantitative estimate of drug-likeness (QED) is 0.724. The van der Waals surface area contributed by atoms with E-state index in [0.717, 1.165) is 28.5 Å². The van der Waals surface area contributed by atoms with E-state index < -0.39 is 5.82 Å². The van der Waals surface area contributed by atoms with E-state index in [2.05, 4.69) is 0 Å². The summed E-state index contributed by atoms with van der Waals surface area (Å²) >= 11 is 5.67. The molecule has 0 saturated heterocycles. The predicted octanol–water partition coefficient (Wildman–Crippen LogP) is 4.58. The van der Waals surface area contributed by atoms with E-state index >= 15 is 0 Å². The van der Waals surface area contributed by atoms with E-state index in [9.17, 15) is 9.18 Å². The van der Waals surface area contributed by atoms with Gasteiger partial charge in [0.2, 0.25) is 0 Å². The Morgan fingerprint density at radius 2 is 1.83 bits per heavy atom. The van der Waals surface area contributed by atoms with Crippen LogP contribution in [0.15, 0.2) is 30.3 Å². The number of benzene rings is 2. The molecule has 0 radical (unpaired) electrons. The normalized spacial score (nSPS) is 10.4. The Morgan fingerprint density at radius 3 is 2.44 bits per heavy atom. The average molecular weight is 263 g/mol. The van der Waals surface area contributed by atoms with Crippen molar-refractivity contribution in [1.29, 1.82) is 0 Å². The Hall–Kier alpha value is -1.67. The average Bonchev–Trinajstić information content (AvgIpc) is 2.35. The summed E-state index contributed by atoms with van der Waals surface area (Å²) in [4.78, 5) is 10.8. The third-order valence-corrected chi connectivity index (χ3v) is 3.28. The molecule has 1 nitrogen and oxygen atoms in total. The van der Waals surface area contributed by atoms with Crippen molar-refractivity contribution < 1.29 is 9.18 Å². The summed E-state index contributed by atoms with van der Waals surface area (Å²) in [5.74, 6) is -0.439. The van der Waals surface area contributed by atoms with Gasteiger partial charge >= 0.3 is 0 Å². The number of hydrogen-bond donors (Lipinski definition) is 0. The number of aryl methyl sites for hydroxylation is 2. The van der Waals surface area contributed by atoms with Crippen LogP contribution in [0.4, 0.5) is 4.39 Å². The summed E-state index contributed by atoms with van der Waals surface area (Å²) in [6, 6.07) is 8.42. The van der Waals surface area contributed by atoms with Gasteiger partial charge in [-0.25, -0.2) is 4.39 Å². The fourth-order valence-corrected chi connectivity index (χ4v) is 2.06. The number of aldehydes is 1. The van der Waals surface area contributed by atoms with E-state index in [1.54, 1.807) is 6.07 Å². The highest BCUT2D eigenvalue weighted by Crippen LogP contribution is 2.28. The van der Waals surface area contributed by atoms with Crippen molar-refractivity contribution in [2.75, 3.05) is 0 Å². The molecule has 0 heterocycles. The Bertz CT molecular complexity index is 620. The molecule has 2 aromatic carbocycles. The summed E-state index contributed by atoms with van der Waals surface area (Å²) in [7, 11) is 0. The van der Waals surface area contributed by atoms with E-state index in [-0.39, 0.29) is 5.02 Å². The fraction of sp³-hybridized carbons (Fsp3) is 0.133. The maximum absolute atomic E-state index is 13.5. The van der Waals surface area contributed by atoms with Gasteiger partial charge in [-0.2, -0.15) is 0 Å². The molecule has 0 unspecified atom stereocenters. The highest BCUT2D eigenvalue weighted by molar-refractivity contribution is 6.30. The summed E-state index contributed by atoms with van der Waals surface area (Å²) < 4.78 is 13.5. The lowest BCUT2D eigenvalue weighted by molar-refractivity contribution is 0.112. The van der Waals surface area contributed by atoms with Crippen molar-refractivity contribution in [2.24, 2.45) is 0 Å². The number of rotatable bonds is 2. The Morgan fingerprint density at radius 1 is 1.11 bits per heavy atom. The maximum atomic E-state index is 13.5. The molecule has 0 amide bonds. The molecular formula is C15H12ClFO. The second kappa shape index (κ2) is 4.91. The van der Waals surface area contributed by atoms with Crippen LogP contribution in [0.3, 0.4) is 0 Å². The lowest BCUT2D eigenvalue weighted by Gasteiger charge is -2.10. The molecule has 18 heavy (non-hydrogen) atoms. The number of carbonyl (C=O) groups is 1. The minimum Gasteiger partial charge on any atom is -0.298 e. The first kappa shape index (κ1) is 12.8. The SMILES string of the molecule is Cc1cc(-c2ccc(Cl)c(F)c2)c(C)cc1C=O. The molecule has 0 aromatic heterocycles. The van der Waals surface area contributed by atoms with Gasteiger partial charge in [0.05, 0.1) is 5.02 Å². The smallest absolute Gasteiger partial charge is 0.150 e. The minimum atomic E-state index is -0.439. The van der Waals surface area contributed by atoms with Crippen molar-refractivity contribution in [3.8, 4) is 11.1 Å². The number of halogens is 2. The zero-order valence-electron chi connectivity index (χ0n) is 10.1. The second-order valence-corrected chi connectivity index (χ2v) is 4.68. The van der Waals surface area contributed by atoms with Crippen molar-refractivity contribution >= 4 is 17.9 Å².